The van der Waals surface area contributed by atoms with Crippen LogP contribution < -0.4 is 0 Å². The lowest BCUT2D eigenvalue weighted by Crippen LogP contribution is -2.04. The van der Waals surface area contributed by atoms with Crippen molar-refractivity contribution in [2.75, 3.05) is 0 Å². The molecule has 0 spiro atoms. The van der Waals surface area contributed by atoms with E-state index >= 15 is 0 Å². The van der Waals surface area contributed by atoms with E-state index in [-0.39, 0.29) is 0 Å². The van der Waals surface area contributed by atoms with Gasteiger partial charge >= 0.3 is 0 Å². The van der Waals surface area contributed by atoms with Crippen molar-refractivity contribution in [2.45, 2.75) is 0 Å². The maximum Gasteiger partial charge on any atom is 0.235 e. The van der Waals surface area contributed by atoms with Crippen molar-refractivity contribution < 1.29 is 0 Å². The number of rotatable bonds is 3. The van der Waals surface area contributed by atoms with Gasteiger partial charge in [-0.1, -0.05) is 170 Å². The summed E-state index contributed by atoms with van der Waals surface area (Å²) in [6.45, 7) is 0. The summed E-state index contributed by atoms with van der Waals surface area (Å²) in [5.41, 5.74) is 7.45. The Morgan fingerprint density at radius 1 is 0.291 bits per heavy atom. The molecule has 2 heterocycles. The fourth-order valence-corrected chi connectivity index (χ4v) is 9.10. The van der Waals surface area contributed by atoms with Gasteiger partial charge in [0.25, 0.3) is 0 Å². The van der Waals surface area contributed by atoms with Crippen LogP contribution in [0.3, 0.4) is 0 Å². The molecule has 2 aromatic heterocycles. The monoisotopic (exact) mass is 697 g/mol. The highest BCUT2D eigenvalue weighted by Gasteiger charge is 2.23. The van der Waals surface area contributed by atoms with E-state index in [1.54, 1.807) is 0 Å². The van der Waals surface area contributed by atoms with Crippen molar-refractivity contribution in [3.63, 3.8) is 0 Å². The Morgan fingerprint density at radius 3 is 1.53 bits per heavy atom. The molecule has 3 nitrogen and oxygen atoms in total. The van der Waals surface area contributed by atoms with Gasteiger partial charge in [0.2, 0.25) is 5.95 Å². The van der Waals surface area contributed by atoms with Gasteiger partial charge in [0.05, 0.1) is 22.2 Å². The van der Waals surface area contributed by atoms with Crippen molar-refractivity contribution in [1.82, 2.24) is 14.5 Å². The molecule has 0 saturated carbocycles. The summed E-state index contributed by atoms with van der Waals surface area (Å²) < 4.78 is 2.31. The molecule has 0 unspecified atom stereocenters. The molecule has 0 fully saturated rings. The van der Waals surface area contributed by atoms with Gasteiger partial charge in [0.15, 0.2) is 0 Å². The lowest BCUT2D eigenvalue weighted by molar-refractivity contribution is 1.02. The van der Waals surface area contributed by atoms with Gasteiger partial charge in [-0.25, -0.2) is 9.97 Å². The highest BCUT2D eigenvalue weighted by Crippen LogP contribution is 2.45. The molecule has 0 saturated heterocycles. The topological polar surface area (TPSA) is 30.7 Å². The van der Waals surface area contributed by atoms with Gasteiger partial charge in [-0.15, -0.1) is 0 Å². The maximum absolute atomic E-state index is 5.55. The van der Waals surface area contributed by atoms with E-state index in [1.165, 1.54) is 65.0 Å². The van der Waals surface area contributed by atoms with Gasteiger partial charge in [-0.3, -0.25) is 4.57 Å². The Morgan fingerprint density at radius 2 is 0.782 bits per heavy atom. The predicted octanol–water partition coefficient (Wildman–Crippen LogP) is 13.8. The smallest absolute Gasteiger partial charge is 0.235 e. The molecule has 0 aliphatic rings. The van der Waals surface area contributed by atoms with Crippen LogP contribution in [0.5, 0.6) is 0 Å². The van der Waals surface area contributed by atoms with Crippen molar-refractivity contribution in [3.8, 4) is 28.3 Å². The zero-order valence-corrected chi connectivity index (χ0v) is 29.7. The van der Waals surface area contributed by atoms with E-state index in [0.29, 0.717) is 5.95 Å². The third-order valence-corrected chi connectivity index (χ3v) is 11.6. The molecule has 0 aliphatic heterocycles. The Kier molecular flexibility index (Phi) is 6.34. The van der Waals surface area contributed by atoms with Crippen molar-refractivity contribution in [1.29, 1.82) is 0 Å². The lowest BCUT2D eigenvalue weighted by atomic mass is 9.91. The van der Waals surface area contributed by atoms with Crippen molar-refractivity contribution in [3.05, 3.63) is 188 Å². The van der Waals surface area contributed by atoms with Gasteiger partial charge in [0.1, 0.15) is 0 Å². The second-order valence-corrected chi connectivity index (χ2v) is 14.5. The van der Waals surface area contributed by atoms with Crippen molar-refractivity contribution >= 4 is 86.6 Å². The van der Waals surface area contributed by atoms with E-state index in [4.69, 9.17) is 9.97 Å². The molecule has 12 aromatic rings. The average Bonchev–Trinajstić information content (AvgIpc) is 3.61. The summed E-state index contributed by atoms with van der Waals surface area (Å²) >= 11 is 0. The first-order chi connectivity index (χ1) is 27.3. The second-order valence-electron chi connectivity index (χ2n) is 14.5. The van der Waals surface area contributed by atoms with Crippen LogP contribution in [0.25, 0.3) is 115 Å². The highest BCUT2D eigenvalue weighted by atomic mass is 15.2. The van der Waals surface area contributed by atoms with Gasteiger partial charge < -0.3 is 0 Å². The largest absolute Gasteiger partial charge is 0.278 e. The van der Waals surface area contributed by atoms with E-state index in [9.17, 15) is 0 Å². The summed E-state index contributed by atoms with van der Waals surface area (Å²) in [4.78, 5) is 11.1. The molecule has 254 valence electrons. The number of benzene rings is 10. The Bertz CT molecular complexity index is 3490. The number of hydrogen-bond donors (Lipinski definition) is 0. The molecule has 0 N–H and O–H groups in total. The third-order valence-electron chi connectivity index (χ3n) is 11.6. The molecule has 0 bridgehead atoms. The van der Waals surface area contributed by atoms with E-state index in [0.717, 1.165) is 44.0 Å². The molecular weight excluding hydrogens is 667 g/mol. The molecule has 55 heavy (non-hydrogen) atoms. The highest BCUT2D eigenvalue weighted by molar-refractivity contribution is 6.37. The van der Waals surface area contributed by atoms with Gasteiger partial charge in [0, 0.05) is 32.5 Å². The molecule has 0 atom stereocenters. The second kappa shape index (κ2) is 11.6. The lowest BCUT2D eigenvalue weighted by Gasteiger charge is -2.14. The first-order valence-electron chi connectivity index (χ1n) is 18.8. The fraction of sp³-hybridized carbons (Fsp3) is 0. The standard InChI is InChI=1S/C52H31N3/c1-2-12-32(13-3-1)33-22-24-36(25-23-33)50-44-28-26-35-15-5-7-17-38(35)51(44)54-52(53-50)55-45-30-27-34-14-4-6-16-37(34)48(45)49-46(55)31-29-43-41-20-9-8-18-39(41)40-19-10-11-21-42(40)47(43)49/h1-31H. The third kappa shape index (κ3) is 4.38. The molecule has 3 heteroatoms. The quantitative estimate of drug-likeness (QED) is 0.172. The predicted molar refractivity (Wildman–Crippen MR) is 232 cm³/mol. The van der Waals surface area contributed by atoms with Crippen LogP contribution in [0.4, 0.5) is 0 Å². The number of hydrogen-bond acceptors (Lipinski definition) is 2. The van der Waals surface area contributed by atoms with E-state index < -0.39 is 0 Å². The Balaban J connectivity index is 1.24. The number of fused-ring (bicyclic) bond motifs is 15. The number of aromatic nitrogens is 3. The molecule has 0 amide bonds. The van der Waals surface area contributed by atoms with Crippen LogP contribution in [0.2, 0.25) is 0 Å². The minimum atomic E-state index is 0.658. The van der Waals surface area contributed by atoms with E-state index in [2.05, 4.69) is 193 Å². The minimum Gasteiger partial charge on any atom is -0.278 e. The molecule has 10 aromatic carbocycles. The zero-order valence-electron chi connectivity index (χ0n) is 29.7. The summed E-state index contributed by atoms with van der Waals surface area (Å²) in [7, 11) is 0. The van der Waals surface area contributed by atoms with Crippen molar-refractivity contribution in [2.24, 2.45) is 0 Å². The summed E-state index contributed by atoms with van der Waals surface area (Å²) in [6.07, 6.45) is 0. The SMILES string of the molecule is c1ccc(-c2ccc(-c3nc(-n4c5ccc6ccccc6c5c5c6c7ccccc7c7ccccc7c6ccc54)nc4c3ccc3ccccc34)cc2)cc1. The minimum absolute atomic E-state index is 0.658. The zero-order chi connectivity index (χ0) is 36.0. The first kappa shape index (κ1) is 30.1. The molecule has 0 radical (unpaired) electrons. The van der Waals surface area contributed by atoms with E-state index in [1.807, 2.05) is 0 Å². The average molecular weight is 698 g/mol. The molecule has 12 rings (SSSR count). The van der Waals surface area contributed by atoms with Crippen LogP contribution in [-0.2, 0) is 0 Å². The van der Waals surface area contributed by atoms with Crippen LogP contribution in [0.1, 0.15) is 0 Å². The Labute approximate surface area is 316 Å². The summed E-state index contributed by atoms with van der Waals surface area (Å²) in [5, 5.41) is 15.7. The summed E-state index contributed by atoms with van der Waals surface area (Å²) in [6, 6.07) is 67.8. The van der Waals surface area contributed by atoms with Crippen LogP contribution >= 0.6 is 0 Å². The first-order valence-corrected chi connectivity index (χ1v) is 18.8. The van der Waals surface area contributed by atoms with Crippen LogP contribution in [-0.4, -0.2) is 14.5 Å². The fourth-order valence-electron chi connectivity index (χ4n) is 9.10. The maximum atomic E-state index is 5.55. The number of nitrogens with zero attached hydrogens (tertiary/aromatic N) is 3. The summed E-state index contributed by atoms with van der Waals surface area (Å²) in [5.74, 6) is 0.658. The van der Waals surface area contributed by atoms with Gasteiger partial charge in [-0.05, 0) is 72.4 Å². The molecule has 0 aliphatic carbocycles. The Hall–Kier alpha value is -7.36. The van der Waals surface area contributed by atoms with Crippen LogP contribution in [0, 0.1) is 0 Å². The molecular formula is C52H31N3. The van der Waals surface area contributed by atoms with Crippen LogP contribution in [0.15, 0.2) is 188 Å². The van der Waals surface area contributed by atoms with Gasteiger partial charge in [-0.2, -0.15) is 0 Å². The normalized spacial score (nSPS) is 12.0.